The second-order valence-corrected chi connectivity index (χ2v) is 5.59. The number of hydrogen-bond donors (Lipinski definition) is 0. The molecule has 0 atom stereocenters. The van der Waals surface area contributed by atoms with Gasteiger partial charge in [-0.05, 0) is 29.1 Å². The average Bonchev–Trinajstić information content (AvgIpc) is 2.87. The number of rotatable bonds is 3. The fraction of sp³-hybridized carbons (Fsp3) is 0.0769. The molecule has 0 aliphatic rings. The second-order valence-electron chi connectivity index (χ2n) is 3.73. The van der Waals surface area contributed by atoms with Crippen molar-refractivity contribution in [3.05, 3.63) is 53.4 Å². The third-order valence-electron chi connectivity index (χ3n) is 2.51. The van der Waals surface area contributed by atoms with E-state index in [0.29, 0.717) is 0 Å². The number of benzene rings is 1. The second kappa shape index (κ2) is 5.04. The molecule has 0 bridgehead atoms. The standard InChI is InChI=1S/C13H9FN2S2/c14-10-3-1-9(2-4-10)7-18-13-11-5-6-17-12(11)15-8-16-13/h1-6,8H,7H2. The molecule has 0 unspecified atom stereocenters. The molecule has 5 heteroatoms. The van der Waals surface area contributed by atoms with Crippen molar-refractivity contribution in [1.29, 1.82) is 0 Å². The molecular formula is C13H9FN2S2. The van der Waals surface area contributed by atoms with Crippen molar-refractivity contribution in [1.82, 2.24) is 9.97 Å². The lowest BCUT2D eigenvalue weighted by Gasteiger charge is -2.02. The van der Waals surface area contributed by atoms with Crippen LogP contribution in [-0.4, -0.2) is 9.97 Å². The fourth-order valence-corrected chi connectivity index (χ4v) is 3.35. The van der Waals surface area contributed by atoms with Gasteiger partial charge < -0.3 is 0 Å². The van der Waals surface area contributed by atoms with Crippen LogP contribution in [0.3, 0.4) is 0 Å². The lowest BCUT2D eigenvalue weighted by atomic mass is 10.2. The van der Waals surface area contributed by atoms with Crippen LogP contribution in [0.4, 0.5) is 4.39 Å². The Bertz CT molecular complexity index is 664. The van der Waals surface area contributed by atoms with Crippen LogP contribution in [0, 0.1) is 5.82 Å². The summed E-state index contributed by atoms with van der Waals surface area (Å²) >= 11 is 3.26. The van der Waals surface area contributed by atoms with Gasteiger partial charge in [-0.3, -0.25) is 0 Å². The van der Waals surface area contributed by atoms with Gasteiger partial charge >= 0.3 is 0 Å². The van der Waals surface area contributed by atoms with Gasteiger partial charge in [0.1, 0.15) is 22.0 Å². The Morgan fingerprint density at radius 1 is 1.11 bits per heavy atom. The maximum atomic E-state index is 12.8. The summed E-state index contributed by atoms with van der Waals surface area (Å²) in [4.78, 5) is 9.52. The zero-order valence-electron chi connectivity index (χ0n) is 9.34. The Labute approximate surface area is 112 Å². The Morgan fingerprint density at radius 3 is 2.78 bits per heavy atom. The molecule has 2 heterocycles. The van der Waals surface area contributed by atoms with Crippen molar-refractivity contribution in [2.45, 2.75) is 10.8 Å². The van der Waals surface area contributed by atoms with Crippen LogP contribution in [0.25, 0.3) is 10.2 Å². The van der Waals surface area contributed by atoms with Crippen molar-refractivity contribution in [3.63, 3.8) is 0 Å². The summed E-state index contributed by atoms with van der Waals surface area (Å²) in [5, 5.41) is 4.08. The maximum absolute atomic E-state index is 12.8. The minimum Gasteiger partial charge on any atom is -0.229 e. The van der Waals surface area contributed by atoms with Crippen molar-refractivity contribution < 1.29 is 4.39 Å². The molecule has 0 N–H and O–H groups in total. The van der Waals surface area contributed by atoms with Crippen molar-refractivity contribution >= 4 is 33.3 Å². The first-order valence-electron chi connectivity index (χ1n) is 5.38. The van der Waals surface area contributed by atoms with Crippen LogP contribution in [0.5, 0.6) is 0 Å². The van der Waals surface area contributed by atoms with Crippen LogP contribution in [0.15, 0.2) is 47.1 Å². The predicted octanol–water partition coefficient (Wildman–Crippen LogP) is 4.12. The van der Waals surface area contributed by atoms with E-state index in [9.17, 15) is 4.39 Å². The summed E-state index contributed by atoms with van der Waals surface area (Å²) in [7, 11) is 0. The number of halogens is 1. The Kier molecular flexibility index (Phi) is 3.25. The molecule has 1 aromatic carbocycles. The summed E-state index contributed by atoms with van der Waals surface area (Å²) in [6.07, 6.45) is 1.59. The molecule has 90 valence electrons. The molecule has 0 aliphatic heterocycles. The van der Waals surface area contributed by atoms with E-state index in [-0.39, 0.29) is 5.82 Å². The highest BCUT2D eigenvalue weighted by atomic mass is 32.2. The Balaban J connectivity index is 1.80. The summed E-state index contributed by atoms with van der Waals surface area (Å²) in [5.74, 6) is 0.577. The third kappa shape index (κ3) is 2.37. The fourth-order valence-electron chi connectivity index (χ4n) is 1.61. The minimum absolute atomic E-state index is 0.203. The van der Waals surface area contributed by atoms with Crippen LogP contribution < -0.4 is 0 Å². The summed E-state index contributed by atoms with van der Waals surface area (Å²) in [5.41, 5.74) is 1.09. The molecule has 3 aromatic rings. The Morgan fingerprint density at radius 2 is 1.94 bits per heavy atom. The number of aromatic nitrogens is 2. The Hall–Kier alpha value is -1.46. The van der Waals surface area contributed by atoms with Crippen LogP contribution in [0.1, 0.15) is 5.56 Å². The molecule has 0 saturated carbocycles. The zero-order chi connectivity index (χ0) is 12.4. The van der Waals surface area contributed by atoms with Crippen molar-refractivity contribution in [3.8, 4) is 0 Å². The van der Waals surface area contributed by atoms with Gasteiger partial charge in [-0.15, -0.1) is 23.1 Å². The van der Waals surface area contributed by atoms with E-state index >= 15 is 0 Å². The SMILES string of the molecule is Fc1ccc(CSc2ncnc3sccc23)cc1. The van der Waals surface area contributed by atoms with Crippen molar-refractivity contribution in [2.24, 2.45) is 0 Å². The van der Waals surface area contributed by atoms with Crippen LogP contribution in [-0.2, 0) is 5.75 Å². The number of thioether (sulfide) groups is 1. The normalized spacial score (nSPS) is 10.9. The summed E-state index contributed by atoms with van der Waals surface area (Å²) in [6.45, 7) is 0. The van der Waals surface area contributed by atoms with E-state index in [0.717, 1.165) is 26.6 Å². The van der Waals surface area contributed by atoms with E-state index < -0.39 is 0 Å². The lowest BCUT2D eigenvalue weighted by molar-refractivity contribution is 0.627. The topological polar surface area (TPSA) is 25.8 Å². The van der Waals surface area contributed by atoms with E-state index in [2.05, 4.69) is 9.97 Å². The van der Waals surface area contributed by atoms with E-state index in [1.165, 1.54) is 12.1 Å². The van der Waals surface area contributed by atoms with Crippen LogP contribution >= 0.6 is 23.1 Å². The van der Waals surface area contributed by atoms with Gasteiger partial charge in [0.25, 0.3) is 0 Å². The first kappa shape index (κ1) is 11.6. The van der Waals surface area contributed by atoms with E-state index in [1.54, 1.807) is 41.6 Å². The highest BCUT2D eigenvalue weighted by Crippen LogP contribution is 2.29. The molecule has 0 radical (unpaired) electrons. The predicted molar refractivity (Wildman–Crippen MR) is 73.4 cm³/mol. The maximum Gasteiger partial charge on any atom is 0.127 e. The summed E-state index contributed by atoms with van der Waals surface area (Å²) < 4.78 is 12.8. The lowest BCUT2D eigenvalue weighted by Crippen LogP contribution is -1.85. The van der Waals surface area contributed by atoms with Gasteiger partial charge in [0.15, 0.2) is 0 Å². The van der Waals surface area contributed by atoms with Gasteiger partial charge in [-0.1, -0.05) is 12.1 Å². The molecule has 0 amide bonds. The van der Waals surface area contributed by atoms with Gasteiger partial charge in [0.05, 0.1) is 0 Å². The molecule has 3 rings (SSSR count). The number of thiophene rings is 1. The number of hydrogen-bond acceptors (Lipinski definition) is 4. The average molecular weight is 276 g/mol. The molecule has 18 heavy (non-hydrogen) atoms. The van der Waals surface area contributed by atoms with E-state index in [1.807, 2.05) is 11.4 Å². The molecule has 0 saturated heterocycles. The number of nitrogens with zero attached hydrogens (tertiary/aromatic N) is 2. The third-order valence-corrected chi connectivity index (χ3v) is 4.41. The monoisotopic (exact) mass is 276 g/mol. The van der Waals surface area contributed by atoms with Gasteiger partial charge in [-0.25, -0.2) is 14.4 Å². The molecule has 0 fully saturated rings. The highest BCUT2D eigenvalue weighted by Gasteiger charge is 2.05. The molecule has 0 spiro atoms. The largest absolute Gasteiger partial charge is 0.229 e. The van der Waals surface area contributed by atoms with Crippen molar-refractivity contribution in [2.75, 3.05) is 0 Å². The molecule has 0 aliphatic carbocycles. The van der Waals surface area contributed by atoms with Crippen LogP contribution in [0.2, 0.25) is 0 Å². The number of fused-ring (bicyclic) bond motifs is 1. The molecule has 2 nitrogen and oxygen atoms in total. The smallest absolute Gasteiger partial charge is 0.127 e. The summed E-state index contributed by atoms with van der Waals surface area (Å²) in [6, 6.07) is 8.60. The highest BCUT2D eigenvalue weighted by molar-refractivity contribution is 7.98. The van der Waals surface area contributed by atoms with Gasteiger partial charge in [0, 0.05) is 11.1 Å². The molecular weight excluding hydrogens is 267 g/mol. The minimum atomic E-state index is -0.203. The quantitative estimate of drug-likeness (QED) is 0.531. The first-order valence-corrected chi connectivity index (χ1v) is 7.25. The van der Waals surface area contributed by atoms with E-state index in [4.69, 9.17) is 0 Å². The molecule has 2 aromatic heterocycles. The zero-order valence-corrected chi connectivity index (χ0v) is 11.0. The van der Waals surface area contributed by atoms with Gasteiger partial charge in [0.2, 0.25) is 0 Å². The van der Waals surface area contributed by atoms with Gasteiger partial charge in [-0.2, -0.15) is 0 Å². The first-order chi connectivity index (χ1) is 8.83.